The molecule has 0 aliphatic carbocycles. The van der Waals surface area contributed by atoms with Crippen molar-refractivity contribution >= 4 is 9.84 Å². The Labute approximate surface area is 127 Å². The number of sulfone groups is 1. The van der Waals surface area contributed by atoms with Crippen molar-refractivity contribution < 1.29 is 13.2 Å². The van der Waals surface area contributed by atoms with Gasteiger partial charge in [-0.3, -0.25) is 0 Å². The minimum atomic E-state index is -3.16. The Morgan fingerprint density at radius 2 is 1.67 bits per heavy atom. The molecule has 118 valence electrons. The zero-order valence-corrected chi connectivity index (χ0v) is 13.6. The van der Waals surface area contributed by atoms with Crippen molar-refractivity contribution in [2.24, 2.45) is 5.73 Å². The average molecular weight is 311 g/mol. The quantitative estimate of drug-likeness (QED) is 0.906. The van der Waals surface area contributed by atoms with Crippen molar-refractivity contribution in [3.05, 3.63) is 35.4 Å². The molecular formula is C16H25NO3S. The summed E-state index contributed by atoms with van der Waals surface area (Å²) in [6.07, 6.45) is 1.17. The van der Waals surface area contributed by atoms with E-state index in [1.54, 1.807) is 0 Å². The summed E-state index contributed by atoms with van der Waals surface area (Å²) in [6.45, 7) is 5.32. The van der Waals surface area contributed by atoms with E-state index < -0.39 is 15.9 Å². The van der Waals surface area contributed by atoms with Gasteiger partial charge in [0, 0.05) is 19.3 Å². The minimum absolute atomic E-state index is 0.0126. The maximum Gasteiger partial charge on any atom is 0.155 e. The molecule has 1 unspecified atom stereocenters. The van der Waals surface area contributed by atoms with E-state index >= 15 is 0 Å². The molecule has 0 bridgehead atoms. The molecular weight excluding hydrogens is 286 g/mol. The molecule has 0 amide bonds. The van der Waals surface area contributed by atoms with Crippen LogP contribution in [0.25, 0.3) is 0 Å². The van der Waals surface area contributed by atoms with Crippen LogP contribution in [-0.4, -0.2) is 32.6 Å². The topological polar surface area (TPSA) is 69.4 Å². The van der Waals surface area contributed by atoms with Crippen LogP contribution in [0.2, 0.25) is 0 Å². The molecule has 2 N–H and O–H groups in total. The second-order valence-electron chi connectivity index (χ2n) is 6.07. The van der Waals surface area contributed by atoms with Crippen LogP contribution in [0, 0.1) is 0 Å². The zero-order valence-electron chi connectivity index (χ0n) is 12.8. The molecule has 1 fully saturated rings. The Hall–Kier alpha value is -0.910. The van der Waals surface area contributed by atoms with Gasteiger partial charge in [0.15, 0.2) is 9.84 Å². The highest BCUT2D eigenvalue weighted by atomic mass is 32.2. The fourth-order valence-electron chi connectivity index (χ4n) is 2.65. The Morgan fingerprint density at radius 3 is 2.19 bits per heavy atom. The van der Waals surface area contributed by atoms with Crippen LogP contribution in [0.15, 0.2) is 24.3 Å². The fraction of sp³-hybridized carbons (Fsp3) is 0.625. The van der Waals surface area contributed by atoms with Crippen LogP contribution in [0.1, 0.15) is 49.8 Å². The summed E-state index contributed by atoms with van der Waals surface area (Å²) >= 11 is 0. The highest BCUT2D eigenvalue weighted by molar-refractivity contribution is 7.92. The lowest BCUT2D eigenvalue weighted by molar-refractivity contribution is 0.0983. The van der Waals surface area contributed by atoms with Gasteiger partial charge in [0.2, 0.25) is 0 Å². The normalized spacial score (nSPS) is 18.9. The predicted molar refractivity (Wildman–Crippen MR) is 85.1 cm³/mol. The van der Waals surface area contributed by atoms with E-state index in [2.05, 4.69) is 13.8 Å². The molecule has 1 heterocycles. The molecule has 4 nitrogen and oxygen atoms in total. The molecule has 2 rings (SSSR count). The molecule has 1 aromatic carbocycles. The molecule has 21 heavy (non-hydrogen) atoms. The molecule has 1 saturated heterocycles. The molecule has 1 aromatic rings. The standard InChI is InChI=1S/C16H25NO3S/c1-12(2)13-3-5-14(6-4-13)16(17)11-21(18,19)15-7-9-20-10-8-15/h3-6,12,15-16H,7-11,17H2,1-2H3. The summed E-state index contributed by atoms with van der Waals surface area (Å²) in [5.74, 6) is 0.472. The van der Waals surface area contributed by atoms with Crippen molar-refractivity contribution in [3.8, 4) is 0 Å². The first-order valence-electron chi connectivity index (χ1n) is 7.55. The molecule has 0 radical (unpaired) electrons. The van der Waals surface area contributed by atoms with Crippen LogP contribution in [0.3, 0.4) is 0 Å². The summed E-state index contributed by atoms with van der Waals surface area (Å²) in [7, 11) is -3.16. The molecule has 0 spiro atoms. The smallest absolute Gasteiger partial charge is 0.155 e. The number of ether oxygens (including phenoxy) is 1. The van der Waals surface area contributed by atoms with E-state index in [0.717, 1.165) is 5.56 Å². The Kier molecular flexibility index (Phi) is 5.41. The third-order valence-corrected chi connectivity index (χ3v) is 6.43. The van der Waals surface area contributed by atoms with Crippen molar-refractivity contribution in [2.45, 2.75) is 43.9 Å². The third kappa shape index (κ3) is 4.28. The first kappa shape index (κ1) is 16.5. The van der Waals surface area contributed by atoms with Crippen molar-refractivity contribution in [3.63, 3.8) is 0 Å². The largest absolute Gasteiger partial charge is 0.381 e. The lowest BCUT2D eigenvalue weighted by atomic mass is 10.00. The third-order valence-electron chi connectivity index (χ3n) is 4.12. The van der Waals surface area contributed by atoms with E-state index in [0.29, 0.717) is 32.0 Å². The summed E-state index contributed by atoms with van der Waals surface area (Å²) in [4.78, 5) is 0. The Bertz CT molecular complexity index is 545. The number of benzene rings is 1. The van der Waals surface area contributed by atoms with E-state index in [9.17, 15) is 8.42 Å². The summed E-state index contributed by atoms with van der Waals surface area (Å²) in [6, 6.07) is 7.49. The van der Waals surface area contributed by atoms with Crippen molar-refractivity contribution in [1.82, 2.24) is 0 Å². The second kappa shape index (κ2) is 6.90. The van der Waals surface area contributed by atoms with Crippen LogP contribution in [0.5, 0.6) is 0 Å². The van der Waals surface area contributed by atoms with Crippen LogP contribution >= 0.6 is 0 Å². The van der Waals surface area contributed by atoms with Crippen LogP contribution in [0.4, 0.5) is 0 Å². The van der Waals surface area contributed by atoms with Gasteiger partial charge in [0.05, 0.1) is 11.0 Å². The van der Waals surface area contributed by atoms with E-state index in [4.69, 9.17) is 10.5 Å². The summed E-state index contributed by atoms with van der Waals surface area (Å²) in [5, 5.41) is -0.299. The molecule has 5 heteroatoms. The summed E-state index contributed by atoms with van der Waals surface area (Å²) in [5.41, 5.74) is 8.22. The highest BCUT2D eigenvalue weighted by Gasteiger charge is 2.29. The van der Waals surface area contributed by atoms with Gasteiger partial charge in [-0.15, -0.1) is 0 Å². The predicted octanol–water partition coefficient (Wildman–Crippen LogP) is 2.40. The SMILES string of the molecule is CC(C)c1ccc(C(N)CS(=O)(=O)C2CCOCC2)cc1. The number of nitrogens with two attached hydrogens (primary N) is 1. The molecule has 1 aliphatic heterocycles. The lowest BCUT2D eigenvalue weighted by Crippen LogP contribution is -2.34. The maximum absolute atomic E-state index is 12.4. The summed E-state index contributed by atoms with van der Waals surface area (Å²) < 4.78 is 30.0. The van der Waals surface area contributed by atoms with Gasteiger partial charge in [-0.1, -0.05) is 38.1 Å². The molecule has 0 saturated carbocycles. The van der Waals surface area contributed by atoms with Gasteiger partial charge in [0.1, 0.15) is 0 Å². The number of hydrogen-bond donors (Lipinski definition) is 1. The van der Waals surface area contributed by atoms with Gasteiger partial charge in [0.25, 0.3) is 0 Å². The molecule has 1 aliphatic rings. The van der Waals surface area contributed by atoms with Gasteiger partial charge < -0.3 is 10.5 Å². The van der Waals surface area contributed by atoms with Crippen LogP contribution < -0.4 is 5.73 Å². The van der Waals surface area contributed by atoms with Crippen molar-refractivity contribution in [1.29, 1.82) is 0 Å². The maximum atomic E-state index is 12.4. The van der Waals surface area contributed by atoms with Gasteiger partial charge >= 0.3 is 0 Å². The van der Waals surface area contributed by atoms with Crippen LogP contribution in [-0.2, 0) is 14.6 Å². The Morgan fingerprint density at radius 1 is 1.14 bits per heavy atom. The zero-order chi connectivity index (χ0) is 15.5. The average Bonchev–Trinajstić information content (AvgIpc) is 2.48. The van der Waals surface area contributed by atoms with E-state index in [-0.39, 0.29) is 11.0 Å². The van der Waals surface area contributed by atoms with E-state index in [1.807, 2.05) is 24.3 Å². The monoisotopic (exact) mass is 311 g/mol. The number of rotatable bonds is 5. The lowest BCUT2D eigenvalue weighted by Gasteiger charge is -2.24. The first-order valence-corrected chi connectivity index (χ1v) is 9.26. The minimum Gasteiger partial charge on any atom is -0.381 e. The fourth-order valence-corrected chi connectivity index (χ4v) is 4.52. The van der Waals surface area contributed by atoms with Gasteiger partial charge in [-0.2, -0.15) is 0 Å². The van der Waals surface area contributed by atoms with Gasteiger partial charge in [-0.25, -0.2) is 8.42 Å². The second-order valence-corrected chi connectivity index (χ2v) is 8.39. The molecule has 0 aromatic heterocycles. The van der Waals surface area contributed by atoms with Gasteiger partial charge in [-0.05, 0) is 29.9 Å². The Balaban J connectivity index is 2.04. The highest BCUT2D eigenvalue weighted by Crippen LogP contribution is 2.22. The molecule has 1 atom stereocenters. The van der Waals surface area contributed by atoms with Crippen molar-refractivity contribution in [2.75, 3.05) is 19.0 Å². The van der Waals surface area contributed by atoms with E-state index in [1.165, 1.54) is 5.56 Å². The first-order chi connectivity index (χ1) is 9.90. The number of hydrogen-bond acceptors (Lipinski definition) is 4.